The number of aromatic nitrogens is 2. The molecule has 0 radical (unpaired) electrons. The van der Waals surface area contributed by atoms with Crippen molar-refractivity contribution in [3.63, 3.8) is 0 Å². The van der Waals surface area contributed by atoms with Crippen molar-refractivity contribution >= 4 is 10.0 Å². The van der Waals surface area contributed by atoms with Gasteiger partial charge in [0.25, 0.3) is 0 Å². The predicted octanol–water partition coefficient (Wildman–Crippen LogP) is 0.645. The lowest BCUT2D eigenvalue weighted by Crippen LogP contribution is -2.26. The van der Waals surface area contributed by atoms with E-state index in [1.165, 1.54) is 18.5 Å². The molecule has 0 fully saturated rings. The Morgan fingerprint density at radius 2 is 2.14 bits per heavy atom. The summed E-state index contributed by atoms with van der Waals surface area (Å²) in [4.78, 5) is 3.95. The second-order valence-corrected chi connectivity index (χ2v) is 6.20. The summed E-state index contributed by atoms with van der Waals surface area (Å²) in [6.07, 6.45) is 2.28. The zero-order valence-corrected chi connectivity index (χ0v) is 12.4. The number of aliphatic hydroxyl groups is 1. The van der Waals surface area contributed by atoms with Gasteiger partial charge in [-0.05, 0) is 29.7 Å². The molecule has 1 heterocycles. The molecule has 2 aromatic rings. The molecule has 2 rings (SSSR count). The van der Waals surface area contributed by atoms with E-state index in [1.54, 1.807) is 6.07 Å². The first-order valence-electron chi connectivity index (χ1n) is 6.54. The SMILES string of the molecule is CCc1ccc(S(=O)(=O)NCCc2ncon2)cc1CO. The van der Waals surface area contributed by atoms with Crippen LogP contribution in [0.5, 0.6) is 0 Å². The van der Waals surface area contributed by atoms with E-state index in [0.29, 0.717) is 17.8 Å². The molecule has 0 bridgehead atoms. The van der Waals surface area contributed by atoms with Crippen molar-refractivity contribution < 1.29 is 18.0 Å². The highest BCUT2D eigenvalue weighted by Gasteiger charge is 2.15. The Bertz CT molecular complexity index is 683. The quantitative estimate of drug-likeness (QED) is 0.777. The monoisotopic (exact) mass is 311 g/mol. The van der Waals surface area contributed by atoms with E-state index >= 15 is 0 Å². The molecule has 0 amide bonds. The largest absolute Gasteiger partial charge is 0.392 e. The zero-order chi connectivity index (χ0) is 15.3. The minimum atomic E-state index is -3.62. The summed E-state index contributed by atoms with van der Waals surface area (Å²) in [6.45, 7) is 1.94. The molecule has 7 nitrogen and oxygen atoms in total. The molecule has 0 saturated carbocycles. The number of hydrogen-bond donors (Lipinski definition) is 2. The maximum Gasteiger partial charge on any atom is 0.240 e. The molecule has 114 valence electrons. The van der Waals surface area contributed by atoms with Crippen molar-refractivity contribution in [3.05, 3.63) is 41.5 Å². The van der Waals surface area contributed by atoms with Gasteiger partial charge in [-0.25, -0.2) is 13.1 Å². The Kier molecular flexibility index (Phi) is 5.05. The van der Waals surface area contributed by atoms with Gasteiger partial charge in [0, 0.05) is 13.0 Å². The fourth-order valence-electron chi connectivity index (χ4n) is 1.94. The first-order valence-corrected chi connectivity index (χ1v) is 8.02. The second kappa shape index (κ2) is 6.79. The number of hydrogen-bond acceptors (Lipinski definition) is 6. The molecule has 8 heteroatoms. The first kappa shape index (κ1) is 15.6. The van der Waals surface area contributed by atoms with Gasteiger partial charge in [0.2, 0.25) is 16.4 Å². The van der Waals surface area contributed by atoms with E-state index in [1.807, 2.05) is 6.92 Å². The van der Waals surface area contributed by atoms with Crippen LogP contribution in [0.15, 0.2) is 34.0 Å². The Hall–Kier alpha value is -1.77. The highest BCUT2D eigenvalue weighted by Crippen LogP contribution is 2.16. The highest BCUT2D eigenvalue weighted by molar-refractivity contribution is 7.89. The Morgan fingerprint density at radius 1 is 1.33 bits per heavy atom. The van der Waals surface area contributed by atoms with Crippen molar-refractivity contribution in [1.29, 1.82) is 0 Å². The van der Waals surface area contributed by atoms with Crippen molar-refractivity contribution in [2.24, 2.45) is 0 Å². The van der Waals surface area contributed by atoms with Crippen LogP contribution in [0, 0.1) is 0 Å². The Labute approximate surface area is 123 Å². The van der Waals surface area contributed by atoms with Gasteiger partial charge in [0.1, 0.15) is 0 Å². The van der Waals surface area contributed by atoms with Gasteiger partial charge in [0.05, 0.1) is 11.5 Å². The minimum Gasteiger partial charge on any atom is -0.392 e. The fourth-order valence-corrected chi connectivity index (χ4v) is 3.03. The van der Waals surface area contributed by atoms with E-state index in [9.17, 15) is 13.5 Å². The van der Waals surface area contributed by atoms with Gasteiger partial charge in [-0.3, -0.25) is 0 Å². The van der Waals surface area contributed by atoms with Crippen molar-refractivity contribution in [1.82, 2.24) is 14.9 Å². The van der Waals surface area contributed by atoms with Crippen LogP contribution in [-0.2, 0) is 29.5 Å². The lowest BCUT2D eigenvalue weighted by atomic mass is 10.1. The molecule has 0 aliphatic carbocycles. The molecule has 0 aliphatic rings. The van der Waals surface area contributed by atoms with Gasteiger partial charge < -0.3 is 9.63 Å². The third-order valence-electron chi connectivity index (χ3n) is 3.09. The van der Waals surface area contributed by atoms with E-state index in [0.717, 1.165) is 12.0 Å². The molecule has 0 atom stereocenters. The third-order valence-corrected chi connectivity index (χ3v) is 4.55. The number of nitrogens with zero attached hydrogens (tertiary/aromatic N) is 2. The lowest BCUT2D eigenvalue weighted by molar-refractivity contribution is 0.280. The van der Waals surface area contributed by atoms with Crippen molar-refractivity contribution in [3.8, 4) is 0 Å². The molecule has 0 spiro atoms. The van der Waals surface area contributed by atoms with Crippen molar-refractivity contribution in [2.75, 3.05) is 6.54 Å². The fraction of sp³-hybridized carbons (Fsp3) is 0.385. The van der Waals surface area contributed by atoms with E-state index in [4.69, 9.17) is 0 Å². The molecule has 21 heavy (non-hydrogen) atoms. The van der Waals surface area contributed by atoms with Gasteiger partial charge >= 0.3 is 0 Å². The summed E-state index contributed by atoms with van der Waals surface area (Å²) in [5.41, 5.74) is 1.56. The molecular weight excluding hydrogens is 294 g/mol. The third kappa shape index (κ3) is 3.87. The van der Waals surface area contributed by atoms with Crippen LogP contribution in [0.25, 0.3) is 0 Å². The first-order chi connectivity index (χ1) is 10.1. The molecule has 2 N–H and O–H groups in total. The van der Waals surface area contributed by atoms with Gasteiger partial charge in [-0.15, -0.1) is 0 Å². The average Bonchev–Trinajstić information content (AvgIpc) is 2.99. The van der Waals surface area contributed by atoms with Crippen LogP contribution in [0.2, 0.25) is 0 Å². The molecule has 0 unspecified atom stereocenters. The van der Waals surface area contributed by atoms with Gasteiger partial charge in [0.15, 0.2) is 5.82 Å². The number of nitrogens with one attached hydrogen (secondary N) is 1. The summed E-state index contributed by atoms with van der Waals surface area (Å²) >= 11 is 0. The molecular formula is C13H17N3O4S. The number of rotatable bonds is 7. The van der Waals surface area contributed by atoms with E-state index < -0.39 is 10.0 Å². The number of aryl methyl sites for hydroxylation is 1. The molecule has 0 aliphatic heterocycles. The highest BCUT2D eigenvalue weighted by atomic mass is 32.2. The van der Waals surface area contributed by atoms with Gasteiger partial charge in [-0.1, -0.05) is 18.1 Å². The average molecular weight is 311 g/mol. The van der Waals surface area contributed by atoms with Crippen LogP contribution >= 0.6 is 0 Å². The molecule has 1 aromatic heterocycles. The maximum absolute atomic E-state index is 12.2. The summed E-state index contributed by atoms with van der Waals surface area (Å²) in [5.74, 6) is 0.440. The van der Waals surface area contributed by atoms with Crippen LogP contribution in [0.4, 0.5) is 0 Å². The Balaban J connectivity index is 2.08. The smallest absolute Gasteiger partial charge is 0.240 e. The predicted molar refractivity (Wildman–Crippen MR) is 74.9 cm³/mol. The van der Waals surface area contributed by atoms with Crippen molar-refractivity contribution in [2.45, 2.75) is 31.3 Å². The van der Waals surface area contributed by atoms with E-state index in [2.05, 4.69) is 19.4 Å². The number of sulfonamides is 1. The summed E-state index contributed by atoms with van der Waals surface area (Å²) in [7, 11) is -3.62. The summed E-state index contributed by atoms with van der Waals surface area (Å²) in [5, 5.41) is 12.9. The summed E-state index contributed by atoms with van der Waals surface area (Å²) < 4.78 is 31.4. The second-order valence-electron chi connectivity index (χ2n) is 4.44. The van der Waals surface area contributed by atoms with Crippen LogP contribution in [0.1, 0.15) is 23.9 Å². The molecule has 0 saturated heterocycles. The Morgan fingerprint density at radius 3 is 2.76 bits per heavy atom. The normalized spacial score (nSPS) is 11.7. The number of aliphatic hydroxyl groups excluding tert-OH is 1. The zero-order valence-electron chi connectivity index (χ0n) is 11.6. The van der Waals surface area contributed by atoms with Gasteiger partial charge in [-0.2, -0.15) is 4.98 Å². The van der Waals surface area contributed by atoms with Crippen LogP contribution in [0.3, 0.4) is 0 Å². The van der Waals surface area contributed by atoms with Crippen LogP contribution < -0.4 is 4.72 Å². The standard InChI is InChI=1S/C13H17N3O4S/c1-2-10-3-4-12(7-11(10)8-17)21(18,19)15-6-5-13-14-9-20-16-13/h3-4,7,9,15,17H,2,5-6,8H2,1H3. The van der Waals surface area contributed by atoms with E-state index in [-0.39, 0.29) is 18.0 Å². The molecule has 1 aromatic carbocycles. The lowest BCUT2D eigenvalue weighted by Gasteiger charge is -2.10. The number of benzene rings is 1. The maximum atomic E-state index is 12.2. The van der Waals surface area contributed by atoms with Crippen LogP contribution in [-0.4, -0.2) is 30.2 Å². The topological polar surface area (TPSA) is 105 Å². The minimum absolute atomic E-state index is 0.136. The summed E-state index contributed by atoms with van der Waals surface area (Å²) in [6, 6.07) is 4.75.